The number of rotatable bonds is 5. The predicted molar refractivity (Wildman–Crippen MR) is 77.2 cm³/mol. The Morgan fingerprint density at radius 2 is 1.79 bits per heavy atom. The normalized spacial score (nSPS) is 11.5. The second-order valence-corrected chi connectivity index (χ2v) is 5.74. The molecule has 6 nitrogen and oxygen atoms in total. The van der Waals surface area contributed by atoms with Crippen LogP contribution < -0.4 is 10.6 Å². The van der Waals surface area contributed by atoms with Gasteiger partial charge in [-0.05, 0) is 26.2 Å². The molecule has 0 fully saturated rings. The molecule has 6 heteroatoms. The van der Waals surface area contributed by atoms with Crippen LogP contribution in [0.5, 0.6) is 0 Å². The van der Waals surface area contributed by atoms with Crippen molar-refractivity contribution in [2.45, 2.75) is 20.8 Å². The van der Waals surface area contributed by atoms with Crippen LogP contribution in [-0.2, 0) is 4.79 Å². The number of amides is 1. The Balaban J connectivity index is 2.50. The number of likely N-dealkylation sites (N-methyl/N-ethyl adjacent to an activating group) is 1. The summed E-state index contributed by atoms with van der Waals surface area (Å²) in [5.74, 6) is 1.10. The fraction of sp³-hybridized carbons (Fsp3) is 0.615. The molecule has 2 N–H and O–H groups in total. The summed E-state index contributed by atoms with van der Waals surface area (Å²) in [7, 11) is 4.02. The Labute approximate surface area is 114 Å². The Morgan fingerprint density at radius 1 is 1.21 bits per heavy atom. The van der Waals surface area contributed by atoms with Gasteiger partial charge in [0.2, 0.25) is 5.91 Å². The number of hydrogen-bond acceptors (Lipinski definition) is 5. The SMILES string of the molecule is CN(C)CCNc1ccc(NC(=O)C(C)(C)C)nn1. The van der Waals surface area contributed by atoms with Crippen LogP contribution in [0.2, 0.25) is 0 Å². The van der Waals surface area contributed by atoms with E-state index in [4.69, 9.17) is 0 Å². The summed E-state index contributed by atoms with van der Waals surface area (Å²) in [6.07, 6.45) is 0. The molecule has 106 valence electrons. The van der Waals surface area contributed by atoms with Gasteiger partial charge in [-0.2, -0.15) is 0 Å². The van der Waals surface area contributed by atoms with E-state index in [1.54, 1.807) is 12.1 Å². The Hall–Kier alpha value is -1.69. The highest BCUT2D eigenvalue weighted by Crippen LogP contribution is 2.16. The lowest BCUT2D eigenvalue weighted by Gasteiger charge is -2.17. The van der Waals surface area contributed by atoms with Crippen molar-refractivity contribution in [3.8, 4) is 0 Å². The quantitative estimate of drug-likeness (QED) is 0.843. The molecule has 0 saturated heterocycles. The highest BCUT2D eigenvalue weighted by atomic mass is 16.2. The number of carbonyl (C=O) groups is 1. The van der Waals surface area contributed by atoms with Gasteiger partial charge in [0, 0.05) is 18.5 Å². The summed E-state index contributed by atoms with van der Waals surface area (Å²) >= 11 is 0. The molecule has 0 aliphatic carbocycles. The van der Waals surface area contributed by atoms with Crippen molar-refractivity contribution < 1.29 is 4.79 Å². The lowest BCUT2D eigenvalue weighted by atomic mass is 9.96. The molecule has 0 aliphatic heterocycles. The van der Waals surface area contributed by atoms with E-state index in [-0.39, 0.29) is 5.91 Å². The van der Waals surface area contributed by atoms with Gasteiger partial charge in [-0.25, -0.2) is 0 Å². The van der Waals surface area contributed by atoms with E-state index in [9.17, 15) is 4.79 Å². The van der Waals surface area contributed by atoms with Crippen LogP contribution in [0.4, 0.5) is 11.6 Å². The number of carbonyl (C=O) groups excluding carboxylic acids is 1. The van der Waals surface area contributed by atoms with Gasteiger partial charge in [0.05, 0.1) is 0 Å². The van der Waals surface area contributed by atoms with E-state index in [1.165, 1.54) is 0 Å². The number of hydrogen-bond donors (Lipinski definition) is 2. The van der Waals surface area contributed by atoms with E-state index in [0.29, 0.717) is 11.6 Å². The number of nitrogens with zero attached hydrogens (tertiary/aromatic N) is 3. The average Bonchev–Trinajstić information content (AvgIpc) is 2.29. The van der Waals surface area contributed by atoms with Gasteiger partial charge in [-0.3, -0.25) is 4.79 Å². The van der Waals surface area contributed by atoms with E-state index < -0.39 is 5.41 Å². The molecule has 0 atom stereocenters. The zero-order valence-corrected chi connectivity index (χ0v) is 12.3. The molecule has 0 aromatic carbocycles. The third kappa shape index (κ3) is 5.65. The fourth-order valence-electron chi connectivity index (χ4n) is 1.20. The van der Waals surface area contributed by atoms with Crippen LogP contribution >= 0.6 is 0 Å². The van der Waals surface area contributed by atoms with Gasteiger partial charge in [0.15, 0.2) is 5.82 Å². The van der Waals surface area contributed by atoms with Crippen LogP contribution in [0.15, 0.2) is 12.1 Å². The standard InChI is InChI=1S/C13H23N5O/c1-13(2,3)12(19)15-11-7-6-10(16-17-11)14-8-9-18(4)5/h6-7H,8-9H2,1-5H3,(H,14,16)(H,15,17,19). The first-order valence-corrected chi connectivity index (χ1v) is 6.33. The van der Waals surface area contributed by atoms with E-state index in [0.717, 1.165) is 13.1 Å². The molecule has 0 saturated carbocycles. The van der Waals surface area contributed by atoms with Crippen molar-refractivity contribution in [2.75, 3.05) is 37.8 Å². The smallest absolute Gasteiger partial charge is 0.230 e. The molecule has 0 aliphatic rings. The maximum absolute atomic E-state index is 11.8. The molecule has 0 radical (unpaired) electrons. The first kappa shape index (κ1) is 15.4. The molecule has 1 heterocycles. The van der Waals surface area contributed by atoms with Crippen molar-refractivity contribution in [2.24, 2.45) is 5.41 Å². The highest BCUT2D eigenvalue weighted by molar-refractivity contribution is 5.93. The number of nitrogens with one attached hydrogen (secondary N) is 2. The van der Waals surface area contributed by atoms with Gasteiger partial charge >= 0.3 is 0 Å². The van der Waals surface area contributed by atoms with Crippen molar-refractivity contribution >= 4 is 17.5 Å². The number of anilines is 2. The van der Waals surface area contributed by atoms with Crippen molar-refractivity contribution in [3.63, 3.8) is 0 Å². The fourth-order valence-corrected chi connectivity index (χ4v) is 1.20. The topological polar surface area (TPSA) is 70.2 Å². The molecular formula is C13H23N5O. The predicted octanol–water partition coefficient (Wildman–Crippen LogP) is 1.43. The summed E-state index contributed by atoms with van der Waals surface area (Å²) in [5, 5.41) is 13.9. The van der Waals surface area contributed by atoms with Gasteiger partial charge in [0.25, 0.3) is 0 Å². The van der Waals surface area contributed by atoms with Gasteiger partial charge in [0.1, 0.15) is 5.82 Å². The first-order valence-electron chi connectivity index (χ1n) is 6.33. The van der Waals surface area contributed by atoms with E-state index in [1.807, 2.05) is 34.9 Å². The molecule has 1 aromatic rings. The monoisotopic (exact) mass is 265 g/mol. The Bertz CT molecular complexity index is 408. The summed E-state index contributed by atoms with van der Waals surface area (Å²) in [5.41, 5.74) is -0.440. The summed E-state index contributed by atoms with van der Waals surface area (Å²) in [6, 6.07) is 3.55. The van der Waals surface area contributed by atoms with Crippen molar-refractivity contribution in [1.29, 1.82) is 0 Å². The van der Waals surface area contributed by atoms with E-state index >= 15 is 0 Å². The lowest BCUT2D eigenvalue weighted by molar-refractivity contribution is -0.123. The van der Waals surface area contributed by atoms with Crippen LogP contribution in [0.3, 0.4) is 0 Å². The van der Waals surface area contributed by atoms with E-state index in [2.05, 4.69) is 25.7 Å². The zero-order valence-electron chi connectivity index (χ0n) is 12.3. The lowest BCUT2D eigenvalue weighted by Crippen LogP contribution is -2.28. The zero-order chi connectivity index (χ0) is 14.5. The number of aromatic nitrogens is 2. The van der Waals surface area contributed by atoms with Gasteiger partial charge < -0.3 is 15.5 Å². The third-order valence-electron chi connectivity index (χ3n) is 2.45. The van der Waals surface area contributed by atoms with Crippen LogP contribution in [0, 0.1) is 5.41 Å². The summed E-state index contributed by atoms with van der Waals surface area (Å²) in [6.45, 7) is 7.28. The summed E-state index contributed by atoms with van der Waals surface area (Å²) in [4.78, 5) is 13.8. The molecule has 0 unspecified atom stereocenters. The Kier molecular flexibility index (Phi) is 5.23. The van der Waals surface area contributed by atoms with Crippen LogP contribution in [-0.4, -0.2) is 48.2 Å². The maximum atomic E-state index is 11.8. The molecule has 1 aromatic heterocycles. The Morgan fingerprint density at radius 3 is 2.26 bits per heavy atom. The minimum absolute atomic E-state index is 0.0740. The largest absolute Gasteiger partial charge is 0.367 e. The second kappa shape index (κ2) is 6.47. The molecular weight excluding hydrogens is 242 g/mol. The van der Waals surface area contributed by atoms with Crippen molar-refractivity contribution in [1.82, 2.24) is 15.1 Å². The molecule has 0 spiro atoms. The third-order valence-corrected chi connectivity index (χ3v) is 2.45. The molecule has 1 rings (SSSR count). The molecule has 19 heavy (non-hydrogen) atoms. The second-order valence-electron chi connectivity index (χ2n) is 5.74. The maximum Gasteiger partial charge on any atom is 0.230 e. The molecule has 0 bridgehead atoms. The van der Waals surface area contributed by atoms with Crippen molar-refractivity contribution in [3.05, 3.63) is 12.1 Å². The van der Waals surface area contributed by atoms with Gasteiger partial charge in [-0.1, -0.05) is 20.8 Å². The minimum Gasteiger partial charge on any atom is -0.367 e. The average molecular weight is 265 g/mol. The first-order chi connectivity index (χ1) is 8.79. The van der Waals surface area contributed by atoms with Gasteiger partial charge in [-0.15, -0.1) is 10.2 Å². The summed E-state index contributed by atoms with van der Waals surface area (Å²) < 4.78 is 0. The minimum atomic E-state index is -0.440. The van der Waals surface area contributed by atoms with Crippen LogP contribution in [0.1, 0.15) is 20.8 Å². The highest BCUT2D eigenvalue weighted by Gasteiger charge is 2.21. The van der Waals surface area contributed by atoms with Crippen LogP contribution in [0.25, 0.3) is 0 Å². The molecule has 1 amide bonds.